The van der Waals surface area contributed by atoms with Crippen LogP contribution in [0.2, 0.25) is 0 Å². The van der Waals surface area contributed by atoms with E-state index in [4.69, 9.17) is 4.74 Å². The molecule has 2 aliphatic carbocycles. The number of rotatable bonds is 7. The Morgan fingerprint density at radius 1 is 1.14 bits per heavy atom. The van der Waals surface area contributed by atoms with E-state index in [1.165, 1.54) is 6.92 Å². The predicted octanol–water partition coefficient (Wildman–Crippen LogP) is 4.47. The van der Waals surface area contributed by atoms with Crippen LogP contribution < -0.4 is 14.9 Å². The molecule has 0 radical (unpaired) electrons. The lowest BCUT2D eigenvalue weighted by molar-refractivity contribution is -0.154. The number of anilines is 1. The maximum absolute atomic E-state index is 13.7. The summed E-state index contributed by atoms with van der Waals surface area (Å²) in [4.78, 5) is 69.1. The number of thiazole rings is 1. The molecule has 228 valence electrons. The second-order valence-corrected chi connectivity index (χ2v) is 15.0. The number of nitrogens with one attached hydrogen (secondary N) is 2. The average molecular weight is 699 g/mol. The summed E-state index contributed by atoms with van der Waals surface area (Å²) in [5.74, 6) is -3.82. The number of thioether (sulfide) groups is 1. The van der Waals surface area contributed by atoms with E-state index in [2.05, 4.69) is 26.2 Å². The van der Waals surface area contributed by atoms with E-state index in [0.717, 1.165) is 41.7 Å². The number of aliphatic carboxylic acids is 1. The first kappa shape index (κ1) is 29.3. The standard InChI is InChI=1S/C31H28BrN3O7S2/c1-12-4-3-5-15(8-12)33-20(36)11-42-19-7-6-14(32)9-16(19)21-22-17-10-18(25(22)43-27-26(21)44-31(41)34-27)24-23(17)28(37)35(29(24)38)13(2)30(39)40/h3-9,13,17-18,21-25H,10-11H2,1-2H3,(H,33,36)(H,34,41)(H,39,40)/t13?,17?,18?,21-,22?,23?,24?,25?/m1/s1. The van der Waals surface area contributed by atoms with Crippen LogP contribution in [0.25, 0.3) is 0 Å². The molecule has 3 aromatic rings. The zero-order chi connectivity index (χ0) is 31.0. The molecule has 1 saturated heterocycles. The summed E-state index contributed by atoms with van der Waals surface area (Å²) in [5, 5.41) is 13.1. The topological polar surface area (TPSA) is 146 Å². The van der Waals surface area contributed by atoms with Crippen molar-refractivity contribution in [1.29, 1.82) is 0 Å². The maximum Gasteiger partial charge on any atom is 0.326 e. The van der Waals surface area contributed by atoms with Gasteiger partial charge in [-0.15, -0.1) is 11.8 Å². The van der Waals surface area contributed by atoms with Crippen molar-refractivity contribution >= 4 is 68.4 Å². The summed E-state index contributed by atoms with van der Waals surface area (Å²) in [6, 6.07) is 11.8. The van der Waals surface area contributed by atoms with E-state index in [9.17, 15) is 29.1 Å². The van der Waals surface area contributed by atoms with Crippen LogP contribution in [-0.4, -0.2) is 56.6 Å². The summed E-state index contributed by atoms with van der Waals surface area (Å²) in [6.45, 7) is 3.07. The minimum atomic E-state index is -1.24. The fraction of sp³-hybridized carbons (Fsp3) is 0.387. The van der Waals surface area contributed by atoms with Crippen LogP contribution in [0, 0.1) is 36.5 Å². The fourth-order valence-electron chi connectivity index (χ4n) is 7.84. The molecule has 3 fully saturated rings. The number of carbonyl (C=O) groups excluding carboxylic acids is 3. The highest BCUT2D eigenvalue weighted by molar-refractivity contribution is 9.10. The third kappa shape index (κ3) is 4.62. The minimum Gasteiger partial charge on any atom is -0.483 e. The van der Waals surface area contributed by atoms with Crippen molar-refractivity contribution in [2.24, 2.45) is 29.6 Å². The van der Waals surface area contributed by atoms with E-state index in [0.29, 0.717) is 17.9 Å². The molecule has 2 bridgehead atoms. The minimum absolute atomic E-state index is 0.0720. The van der Waals surface area contributed by atoms with E-state index >= 15 is 0 Å². The Morgan fingerprint density at radius 2 is 1.89 bits per heavy atom. The van der Waals surface area contributed by atoms with Crippen molar-refractivity contribution in [3.8, 4) is 5.75 Å². The molecule has 2 aliphatic heterocycles. The smallest absolute Gasteiger partial charge is 0.326 e. The van der Waals surface area contributed by atoms with Gasteiger partial charge in [0.1, 0.15) is 11.8 Å². The summed E-state index contributed by atoms with van der Waals surface area (Å²) in [7, 11) is 0. The number of hydrogen-bond donors (Lipinski definition) is 3. The van der Waals surface area contributed by atoms with Gasteiger partial charge in [0.2, 0.25) is 11.8 Å². The molecule has 4 aliphatic rings. The summed E-state index contributed by atoms with van der Waals surface area (Å²) in [5.41, 5.74) is 2.47. The van der Waals surface area contributed by atoms with Gasteiger partial charge in [0.15, 0.2) is 6.61 Å². The molecule has 44 heavy (non-hydrogen) atoms. The second-order valence-electron chi connectivity index (χ2n) is 11.9. The third-order valence-corrected chi connectivity index (χ3v) is 12.6. The number of likely N-dealkylation sites (tertiary alicyclic amines) is 1. The zero-order valence-corrected chi connectivity index (χ0v) is 26.8. The number of benzene rings is 2. The number of halogens is 1. The summed E-state index contributed by atoms with van der Waals surface area (Å²) >= 11 is 6.26. The largest absolute Gasteiger partial charge is 0.483 e. The second kappa shape index (κ2) is 10.9. The van der Waals surface area contributed by atoms with Gasteiger partial charge in [0, 0.05) is 31.8 Å². The summed E-state index contributed by atoms with van der Waals surface area (Å²) in [6.07, 6.45) is 0.670. The molecule has 3 amide bonds. The van der Waals surface area contributed by atoms with Crippen LogP contribution in [0.5, 0.6) is 5.75 Å². The molecular weight excluding hydrogens is 670 g/mol. The van der Waals surface area contributed by atoms with Crippen LogP contribution in [0.3, 0.4) is 0 Å². The number of amides is 3. The SMILES string of the molecule is Cc1cccc(NC(=O)COc2ccc(Br)cc2[C@H]2c3sc(=O)[nH]c3SC3C4CC(C5C(=O)N(C(C)C(=O)O)C(=O)C45)C32)c1. The Kier molecular flexibility index (Phi) is 7.25. The van der Waals surface area contributed by atoms with Crippen molar-refractivity contribution in [2.75, 3.05) is 11.9 Å². The predicted molar refractivity (Wildman–Crippen MR) is 167 cm³/mol. The number of carbonyl (C=O) groups is 4. The van der Waals surface area contributed by atoms with Crippen molar-refractivity contribution in [3.05, 3.63) is 72.6 Å². The molecule has 3 N–H and O–H groups in total. The molecule has 8 atom stereocenters. The molecule has 7 unspecified atom stereocenters. The Morgan fingerprint density at radius 3 is 2.61 bits per heavy atom. The third-order valence-electron chi connectivity index (χ3n) is 9.47. The van der Waals surface area contributed by atoms with Crippen LogP contribution >= 0.6 is 39.0 Å². The quantitative estimate of drug-likeness (QED) is 0.307. The zero-order valence-electron chi connectivity index (χ0n) is 23.6. The molecule has 2 saturated carbocycles. The van der Waals surface area contributed by atoms with Gasteiger partial charge in [-0.2, -0.15) is 0 Å². The molecular formula is C31H28BrN3O7S2. The first-order chi connectivity index (χ1) is 21.0. The Bertz CT molecular complexity index is 1790. The van der Waals surface area contributed by atoms with Crippen LogP contribution in [0.15, 0.2) is 56.8 Å². The van der Waals surface area contributed by atoms with Crippen LogP contribution in [0.1, 0.15) is 35.3 Å². The van der Waals surface area contributed by atoms with Crippen molar-refractivity contribution in [2.45, 2.75) is 42.5 Å². The average Bonchev–Trinajstić information content (AvgIpc) is 3.70. The number of carboxylic acids is 1. The lowest BCUT2D eigenvalue weighted by atomic mass is 9.68. The number of fused-ring (bicyclic) bond motifs is 9. The number of ether oxygens (including phenoxy) is 1. The lowest BCUT2D eigenvalue weighted by Crippen LogP contribution is -2.44. The number of aromatic amines is 1. The molecule has 1 aromatic heterocycles. The van der Waals surface area contributed by atoms with Gasteiger partial charge in [-0.25, -0.2) is 4.79 Å². The maximum atomic E-state index is 13.7. The monoisotopic (exact) mass is 697 g/mol. The Hall–Kier alpha value is -3.42. The number of hydrogen-bond acceptors (Lipinski definition) is 8. The molecule has 0 spiro atoms. The molecule has 3 heterocycles. The number of carboxylic acid groups (broad SMARTS) is 1. The fourth-order valence-corrected chi connectivity index (χ4v) is 11.1. The molecule has 10 nitrogen and oxygen atoms in total. The van der Waals surface area contributed by atoms with Gasteiger partial charge < -0.3 is 20.1 Å². The van der Waals surface area contributed by atoms with E-state index in [1.54, 1.807) is 23.9 Å². The van der Waals surface area contributed by atoms with Gasteiger partial charge in [-0.05, 0) is 73.9 Å². The van der Waals surface area contributed by atoms with Crippen molar-refractivity contribution in [1.82, 2.24) is 9.88 Å². The van der Waals surface area contributed by atoms with Crippen molar-refractivity contribution in [3.63, 3.8) is 0 Å². The molecule has 13 heteroatoms. The van der Waals surface area contributed by atoms with E-state index in [-0.39, 0.29) is 46.3 Å². The summed E-state index contributed by atoms with van der Waals surface area (Å²) < 4.78 is 6.93. The van der Waals surface area contributed by atoms with Crippen LogP contribution in [-0.2, 0) is 19.2 Å². The Balaban J connectivity index is 1.24. The number of aryl methyl sites for hydroxylation is 1. The number of imide groups is 1. The molecule has 7 rings (SSSR count). The van der Waals surface area contributed by atoms with Gasteiger partial charge in [-0.3, -0.25) is 24.1 Å². The highest BCUT2D eigenvalue weighted by Crippen LogP contribution is 2.69. The first-order valence-corrected chi connectivity index (χ1v) is 16.8. The van der Waals surface area contributed by atoms with Gasteiger partial charge in [0.25, 0.3) is 5.91 Å². The Labute approximate surface area is 268 Å². The van der Waals surface area contributed by atoms with Crippen LogP contribution in [0.4, 0.5) is 5.69 Å². The van der Waals surface area contributed by atoms with Gasteiger partial charge >= 0.3 is 10.8 Å². The molecule has 2 aromatic carbocycles. The van der Waals surface area contributed by atoms with E-state index in [1.807, 2.05) is 37.3 Å². The highest BCUT2D eigenvalue weighted by atomic mass is 79.9. The normalized spacial score (nSPS) is 28.8. The lowest BCUT2D eigenvalue weighted by Gasteiger charge is -2.43. The number of nitrogens with zero attached hydrogens (tertiary/aromatic N) is 1. The van der Waals surface area contributed by atoms with E-state index < -0.39 is 35.7 Å². The highest BCUT2D eigenvalue weighted by Gasteiger charge is 2.70. The number of H-pyrrole nitrogens is 1. The van der Waals surface area contributed by atoms with Gasteiger partial charge in [-0.1, -0.05) is 39.4 Å². The first-order valence-electron chi connectivity index (χ1n) is 14.3. The van der Waals surface area contributed by atoms with Gasteiger partial charge in [0.05, 0.1) is 16.9 Å². The number of aromatic nitrogens is 1. The van der Waals surface area contributed by atoms with Crippen molar-refractivity contribution < 1.29 is 29.0 Å².